The van der Waals surface area contributed by atoms with E-state index in [4.69, 9.17) is 14.4 Å². The van der Waals surface area contributed by atoms with Crippen molar-refractivity contribution < 1.29 is 17.7 Å². The fraction of sp³-hybridized carbons (Fsp3) is 0.385. The molecule has 0 spiro atoms. The molecule has 0 fully saturated rings. The van der Waals surface area contributed by atoms with Gasteiger partial charge in [-0.1, -0.05) is 5.16 Å². The number of likely N-dealkylation sites (N-methyl/N-ethyl adjacent to an activating group) is 1. The molecule has 2 rings (SSSR count). The minimum Gasteiger partial charge on any atom is -0.496 e. The van der Waals surface area contributed by atoms with Crippen molar-refractivity contribution in [3.8, 4) is 17.2 Å². The number of sulfonamides is 1. The molecule has 0 saturated heterocycles. The minimum absolute atomic E-state index is 0. The summed E-state index contributed by atoms with van der Waals surface area (Å²) in [5, 5.41) is 12.1. The van der Waals surface area contributed by atoms with E-state index in [2.05, 4.69) is 15.5 Å². The maximum atomic E-state index is 11.5. The molecule has 0 bridgehead atoms. The second kappa shape index (κ2) is 7.73. The van der Waals surface area contributed by atoms with Crippen molar-refractivity contribution in [1.82, 2.24) is 15.5 Å². The number of hydrogen-bond donors (Lipinski definition) is 2. The highest BCUT2D eigenvalue weighted by Crippen LogP contribution is 2.30. The summed E-state index contributed by atoms with van der Waals surface area (Å²) in [6, 6.07) is 4.39. The lowest BCUT2D eigenvalue weighted by Gasteiger charge is -2.07. The molecule has 1 atom stereocenters. The fourth-order valence-corrected chi connectivity index (χ4v) is 2.39. The molecule has 1 aromatic heterocycles. The van der Waals surface area contributed by atoms with Crippen molar-refractivity contribution in [2.24, 2.45) is 5.14 Å². The number of nitrogens with one attached hydrogen (secondary N) is 1. The molecule has 0 radical (unpaired) electrons. The Morgan fingerprint density at radius 2 is 2.13 bits per heavy atom. The molecule has 1 aromatic carbocycles. The number of nitrogens with two attached hydrogens (primary N) is 1. The van der Waals surface area contributed by atoms with Crippen molar-refractivity contribution in [3.05, 3.63) is 24.0 Å². The van der Waals surface area contributed by atoms with E-state index in [0.717, 1.165) is 0 Å². The fourth-order valence-electron chi connectivity index (χ4n) is 1.85. The Balaban J connectivity index is 0.00000264. The van der Waals surface area contributed by atoms with Crippen LogP contribution in [0.25, 0.3) is 11.5 Å². The van der Waals surface area contributed by atoms with Gasteiger partial charge in [-0.3, -0.25) is 0 Å². The van der Waals surface area contributed by atoms with E-state index < -0.39 is 10.0 Å². The highest BCUT2D eigenvalue weighted by molar-refractivity contribution is 7.89. The van der Waals surface area contributed by atoms with E-state index in [1.54, 1.807) is 0 Å². The summed E-state index contributed by atoms with van der Waals surface area (Å²) in [4.78, 5) is 4.22. The largest absolute Gasteiger partial charge is 0.496 e. The molecule has 8 nitrogen and oxygen atoms in total. The predicted octanol–water partition coefficient (Wildman–Crippen LogP) is 0.965. The number of rotatable bonds is 6. The summed E-state index contributed by atoms with van der Waals surface area (Å²) in [6.07, 6.45) is 0.581. The Kier molecular flexibility index (Phi) is 6.51. The molecule has 23 heavy (non-hydrogen) atoms. The number of benzene rings is 1. The minimum atomic E-state index is -3.83. The Labute approximate surface area is 140 Å². The zero-order valence-electron chi connectivity index (χ0n) is 12.9. The van der Waals surface area contributed by atoms with Crippen LogP contribution < -0.4 is 15.2 Å². The normalized spacial score (nSPS) is 12.5. The molecule has 128 valence electrons. The van der Waals surface area contributed by atoms with Gasteiger partial charge in [0.1, 0.15) is 5.75 Å². The molecule has 10 heteroatoms. The van der Waals surface area contributed by atoms with Gasteiger partial charge in [-0.15, -0.1) is 12.4 Å². The van der Waals surface area contributed by atoms with Crippen LogP contribution in [0.4, 0.5) is 0 Å². The smallest absolute Gasteiger partial charge is 0.261 e. The summed E-state index contributed by atoms with van der Waals surface area (Å²) in [7, 11) is -0.524. The highest BCUT2D eigenvalue weighted by Gasteiger charge is 2.18. The van der Waals surface area contributed by atoms with Crippen LogP contribution in [0.3, 0.4) is 0 Å². The second-order valence-electron chi connectivity index (χ2n) is 4.82. The third-order valence-corrected chi connectivity index (χ3v) is 4.09. The van der Waals surface area contributed by atoms with Gasteiger partial charge in [0.05, 0.1) is 17.6 Å². The molecule has 0 aliphatic carbocycles. The van der Waals surface area contributed by atoms with Gasteiger partial charge >= 0.3 is 0 Å². The molecule has 2 aromatic rings. The number of primary sulfonamides is 1. The number of methoxy groups -OCH3 is 1. The number of halogens is 1. The second-order valence-corrected chi connectivity index (χ2v) is 6.38. The number of ether oxygens (including phenoxy) is 1. The van der Waals surface area contributed by atoms with Crippen molar-refractivity contribution in [1.29, 1.82) is 0 Å². The van der Waals surface area contributed by atoms with E-state index in [9.17, 15) is 8.42 Å². The third-order valence-electron chi connectivity index (χ3n) is 3.18. The van der Waals surface area contributed by atoms with Crippen LogP contribution in [-0.4, -0.2) is 38.8 Å². The van der Waals surface area contributed by atoms with Crippen LogP contribution in [-0.2, 0) is 16.4 Å². The zero-order chi connectivity index (χ0) is 16.3. The van der Waals surface area contributed by atoms with Gasteiger partial charge in [0.25, 0.3) is 5.89 Å². The van der Waals surface area contributed by atoms with Gasteiger partial charge in [0, 0.05) is 12.5 Å². The Morgan fingerprint density at radius 3 is 2.70 bits per heavy atom. The lowest BCUT2D eigenvalue weighted by Crippen LogP contribution is -2.24. The number of aromatic nitrogens is 2. The summed E-state index contributed by atoms with van der Waals surface area (Å²) in [6.45, 7) is 1.98. The Morgan fingerprint density at radius 1 is 1.43 bits per heavy atom. The van der Waals surface area contributed by atoms with Crippen LogP contribution >= 0.6 is 12.4 Å². The van der Waals surface area contributed by atoms with Gasteiger partial charge in [-0.05, 0) is 32.2 Å². The first kappa shape index (κ1) is 19.4. The molecular weight excluding hydrogens is 344 g/mol. The van der Waals surface area contributed by atoms with Crippen molar-refractivity contribution in [2.75, 3.05) is 14.2 Å². The van der Waals surface area contributed by atoms with Crippen LogP contribution in [0.5, 0.6) is 5.75 Å². The van der Waals surface area contributed by atoms with Crippen LogP contribution in [0, 0.1) is 0 Å². The highest BCUT2D eigenvalue weighted by atomic mass is 35.5. The average molecular weight is 363 g/mol. The Hall–Kier alpha value is -1.68. The van der Waals surface area contributed by atoms with Gasteiger partial charge in [-0.25, -0.2) is 13.6 Å². The summed E-state index contributed by atoms with van der Waals surface area (Å²) >= 11 is 0. The van der Waals surface area contributed by atoms with E-state index >= 15 is 0 Å². The molecule has 3 N–H and O–H groups in total. The van der Waals surface area contributed by atoms with Gasteiger partial charge < -0.3 is 14.6 Å². The number of nitrogens with zero attached hydrogens (tertiary/aromatic N) is 2. The SMILES string of the molecule is CNC(C)Cc1noc(-c2cc(S(N)(=O)=O)ccc2OC)n1.Cl. The first-order valence-corrected chi connectivity index (χ1v) is 8.11. The maximum Gasteiger partial charge on any atom is 0.261 e. The summed E-state index contributed by atoms with van der Waals surface area (Å²) in [5.74, 6) is 1.12. The van der Waals surface area contributed by atoms with Crippen molar-refractivity contribution in [2.45, 2.75) is 24.3 Å². The zero-order valence-corrected chi connectivity index (χ0v) is 14.6. The monoisotopic (exact) mass is 362 g/mol. The molecule has 0 amide bonds. The number of hydrogen-bond acceptors (Lipinski definition) is 7. The first-order valence-electron chi connectivity index (χ1n) is 6.56. The van der Waals surface area contributed by atoms with Crippen LogP contribution in [0.15, 0.2) is 27.6 Å². The molecule has 0 aliphatic heterocycles. The molecule has 1 unspecified atom stereocenters. The van der Waals surface area contributed by atoms with Gasteiger partial charge in [0.15, 0.2) is 5.82 Å². The molecular formula is C13H19ClN4O4S. The Bertz CT molecular complexity index is 763. The van der Waals surface area contributed by atoms with Crippen molar-refractivity contribution in [3.63, 3.8) is 0 Å². The summed E-state index contributed by atoms with van der Waals surface area (Å²) in [5.41, 5.74) is 0.380. The quantitative estimate of drug-likeness (QED) is 0.785. The van der Waals surface area contributed by atoms with Crippen molar-refractivity contribution >= 4 is 22.4 Å². The predicted molar refractivity (Wildman–Crippen MR) is 87.1 cm³/mol. The molecule has 0 saturated carbocycles. The summed E-state index contributed by atoms with van der Waals surface area (Å²) < 4.78 is 33.3. The third kappa shape index (κ3) is 4.64. The molecule has 1 heterocycles. The van der Waals surface area contributed by atoms with E-state index in [0.29, 0.717) is 23.6 Å². The van der Waals surface area contributed by atoms with E-state index in [1.807, 2.05) is 14.0 Å². The average Bonchev–Trinajstić information content (AvgIpc) is 2.93. The molecule has 0 aliphatic rings. The van der Waals surface area contributed by atoms with E-state index in [-0.39, 0.29) is 29.2 Å². The lowest BCUT2D eigenvalue weighted by molar-refractivity contribution is 0.401. The van der Waals surface area contributed by atoms with Crippen LogP contribution in [0.1, 0.15) is 12.7 Å². The van der Waals surface area contributed by atoms with Gasteiger partial charge in [-0.2, -0.15) is 4.98 Å². The van der Waals surface area contributed by atoms with Crippen LogP contribution in [0.2, 0.25) is 0 Å². The maximum absolute atomic E-state index is 11.5. The van der Waals surface area contributed by atoms with Gasteiger partial charge in [0.2, 0.25) is 10.0 Å². The topological polar surface area (TPSA) is 120 Å². The standard InChI is InChI=1S/C13H18N4O4S.ClH/c1-8(15-2)6-12-16-13(21-17-12)10-7-9(22(14,18)19)4-5-11(10)20-3;/h4-5,7-8,15H,6H2,1-3H3,(H2,14,18,19);1H. The lowest BCUT2D eigenvalue weighted by atomic mass is 10.2. The van der Waals surface area contributed by atoms with E-state index in [1.165, 1.54) is 25.3 Å². The first-order chi connectivity index (χ1) is 10.3.